The molecule has 78 valence electrons. The highest BCUT2D eigenvalue weighted by Gasteiger charge is 2.08. The van der Waals surface area contributed by atoms with Gasteiger partial charge in [-0.2, -0.15) is 0 Å². The molecule has 0 amide bonds. The molecule has 0 unspecified atom stereocenters. The second kappa shape index (κ2) is 5.17. The molecule has 0 spiro atoms. The fraction of sp³-hybridized carbons (Fsp3) is 0.400. The number of nitrogens with two attached hydrogens (primary N) is 1. The van der Waals surface area contributed by atoms with Gasteiger partial charge in [0.1, 0.15) is 11.6 Å². The van der Waals surface area contributed by atoms with E-state index in [2.05, 4.69) is 0 Å². The molecule has 1 aromatic carbocycles. The molecule has 0 fully saturated rings. The second-order valence-electron chi connectivity index (χ2n) is 2.97. The molecular formula is C10H13ClFNO. The summed E-state index contributed by atoms with van der Waals surface area (Å²) in [6, 6.07) is 2.89. The third-order valence-electron chi connectivity index (χ3n) is 1.97. The van der Waals surface area contributed by atoms with Crippen molar-refractivity contribution >= 4 is 11.6 Å². The summed E-state index contributed by atoms with van der Waals surface area (Å²) in [7, 11) is 1.54. The Morgan fingerprint density at radius 1 is 1.50 bits per heavy atom. The Morgan fingerprint density at radius 3 is 2.79 bits per heavy atom. The Labute approximate surface area is 87.8 Å². The number of aryl methyl sites for hydroxylation is 1. The van der Waals surface area contributed by atoms with Crippen molar-refractivity contribution in [2.45, 2.75) is 12.8 Å². The number of halogens is 2. The summed E-state index contributed by atoms with van der Waals surface area (Å²) in [6.45, 7) is 0.577. The van der Waals surface area contributed by atoms with Crippen molar-refractivity contribution in [3.8, 4) is 5.75 Å². The lowest BCUT2D eigenvalue weighted by Crippen LogP contribution is -2.02. The van der Waals surface area contributed by atoms with Crippen LogP contribution in [0.4, 0.5) is 4.39 Å². The molecule has 2 N–H and O–H groups in total. The van der Waals surface area contributed by atoms with Gasteiger partial charge in [-0.25, -0.2) is 4.39 Å². The van der Waals surface area contributed by atoms with Crippen LogP contribution in [0, 0.1) is 5.82 Å². The zero-order chi connectivity index (χ0) is 10.6. The molecule has 0 atom stereocenters. The fourth-order valence-electron chi connectivity index (χ4n) is 1.25. The van der Waals surface area contributed by atoms with E-state index in [9.17, 15) is 4.39 Å². The molecule has 14 heavy (non-hydrogen) atoms. The number of methoxy groups -OCH3 is 1. The first-order chi connectivity index (χ1) is 6.69. The van der Waals surface area contributed by atoms with Crippen LogP contribution < -0.4 is 10.5 Å². The van der Waals surface area contributed by atoms with E-state index >= 15 is 0 Å². The Hall–Kier alpha value is -0.800. The van der Waals surface area contributed by atoms with E-state index in [1.807, 2.05) is 0 Å². The maximum absolute atomic E-state index is 13.1. The summed E-state index contributed by atoms with van der Waals surface area (Å²) in [5.41, 5.74) is 6.18. The van der Waals surface area contributed by atoms with Gasteiger partial charge in [-0.15, -0.1) is 0 Å². The fourth-order valence-corrected chi connectivity index (χ4v) is 1.40. The van der Waals surface area contributed by atoms with Crippen LogP contribution in [-0.2, 0) is 6.42 Å². The summed E-state index contributed by atoms with van der Waals surface area (Å²) >= 11 is 5.62. The second-order valence-corrected chi connectivity index (χ2v) is 3.38. The number of ether oxygens (including phenoxy) is 1. The van der Waals surface area contributed by atoms with Crippen LogP contribution >= 0.6 is 11.6 Å². The van der Waals surface area contributed by atoms with Gasteiger partial charge in [0.15, 0.2) is 0 Å². The predicted octanol–water partition coefficient (Wildman–Crippen LogP) is 2.38. The number of benzene rings is 1. The smallest absolute Gasteiger partial charge is 0.142 e. The van der Waals surface area contributed by atoms with Crippen molar-refractivity contribution in [3.63, 3.8) is 0 Å². The average molecular weight is 218 g/mol. The molecule has 0 aromatic heterocycles. The minimum Gasteiger partial charge on any atom is -0.496 e. The molecule has 0 aliphatic rings. The highest BCUT2D eigenvalue weighted by molar-refractivity contribution is 6.30. The van der Waals surface area contributed by atoms with Crippen LogP contribution in [-0.4, -0.2) is 13.7 Å². The van der Waals surface area contributed by atoms with E-state index in [0.29, 0.717) is 18.7 Å². The van der Waals surface area contributed by atoms with E-state index in [0.717, 1.165) is 12.0 Å². The molecule has 0 saturated heterocycles. The van der Waals surface area contributed by atoms with Crippen molar-refractivity contribution in [1.29, 1.82) is 0 Å². The Kier molecular flexibility index (Phi) is 4.17. The van der Waals surface area contributed by atoms with Crippen molar-refractivity contribution in [1.82, 2.24) is 0 Å². The lowest BCUT2D eigenvalue weighted by Gasteiger charge is -2.08. The van der Waals surface area contributed by atoms with E-state index in [1.165, 1.54) is 19.2 Å². The zero-order valence-corrected chi connectivity index (χ0v) is 8.77. The monoisotopic (exact) mass is 217 g/mol. The molecule has 0 radical (unpaired) electrons. The maximum atomic E-state index is 13.1. The highest BCUT2D eigenvalue weighted by atomic mass is 35.5. The number of rotatable bonds is 4. The van der Waals surface area contributed by atoms with Gasteiger partial charge in [-0.1, -0.05) is 11.6 Å². The summed E-state index contributed by atoms with van der Waals surface area (Å²) in [5, 5.41) is 0.0818. The topological polar surface area (TPSA) is 35.2 Å². The van der Waals surface area contributed by atoms with Gasteiger partial charge < -0.3 is 10.5 Å². The van der Waals surface area contributed by atoms with Gasteiger partial charge in [-0.05, 0) is 31.0 Å². The Bertz CT molecular complexity index is 317. The van der Waals surface area contributed by atoms with E-state index in [4.69, 9.17) is 22.1 Å². The van der Waals surface area contributed by atoms with Crippen LogP contribution in [0.15, 0.2) is 12.1 Å². The van der Waals surface area contributed by atoms with E-state index in [1.54, 1.807) is 0 Å². The summed E-state index contributed by atoms with van der Waals surface area (Å²) in [6.07, 6.45) is 1.51. The van der Waals surface area contributed by atoms with Gasteiger partial charge in [0, 0.05) is 6.07 Å². The first kappa shape index (κ1) is 11.3. The molecule has 2 nitrogen and oxygen atoms in total. The molecule has 1 rings (SSSR count). The first-order valence-electron chi connectivity index (χ1n) is 4.41. The van der Waals surface area contributed by atoms with Crippen LogP contribution in [0.1, 0.15) is 12.0 Å². The maximum Gasteiger partial charge on any atom is 0.142 e. The number of hydrogen-bond acceptors (Lipinski definition) is 2. The summed E-state index contributed by atoms with van der Waals surface area (Å²) in [4.78, 5) is 0. The van der Waals surface area contributed by atoms with Crippen molar-refractivity contribution < 1.29 is 9.13 Å². The molecule has 0 aliphatic heterocycles. The third-order valence-corrected chi connectivity index (χ3v) is 2.26. The lowest BCUT2D eigenvalue weighted by atomic mass is 10.1. The quantitative estimate of drug-likeness (QED) is 0.841. The zero-order valence-electron chi connectivity index (χ0n) is 8.02. The van der Waals surface area contributed by atoms with Crippen LogP contribution in [0.2, 0.25) is 5.02 Å². The van der Waals surface area contributed by atoms with Gasteiger partial charge in [0.05, 0.1) is 12.1 Å². The van der Waals surface area contributed by atoms with Crippen LogP contribution in [0.25, 0.3) is 0 Å². The standard InChI is InChI=1S/C10H13ClFNO/c1-14-10-6-8(11)9(12)5-7(10)3-2-4-13/h5-6H,2-4,13H2,1H3. The molecular weight excluding hydrogens is 205 g/mol. The van der Waals surface area contributed by atoms with Crippen molar-refractivity contribution in [3.05, 3.63) is 28.5 Å². The molecule has 0 bridgehead atoms. The SMILES string of the molecule is COc1cc(Cl)c(F)cc1CCCN. The Morgan fingerprint density at radius 2 is 2.21 bits per heavy atom. The van der Waals surface area contributed by atoms with Crippen LogP contribution in [0.3, 0.4) is 0 Å². The summed E-state index contributed by atoms with van der Waals surface area (Å²) in [5.74, 6) is 0.198. The normalized spacial score (nSPS) is 10.3. The minimum absolute atomic E-state index is 0.0818. The van der Waals surface area contributed by atoms with Gasteiger partial charge >= 0.3 is 0 Å². The average Bonchev–Trinajstić information content (AvgIpc) is 2.19. The highest BCUT2D eigenvalue weighted by Crippen LogP contribution is 2.26. The predicted molar refractivity (Wildman–Crippen MR) is 55.3 cm³/mol. The lowest BCUT2D eigenvalue weighted by molar-refractivity contribution is 0.408. The number of hydrogen-bond donors (Lipinski definition) is 1. The van der Waals surface area contributed by atoms with E-state index in [-0.39, 0.29) is 5.02 Å². The minimum atomic E-state index is -0.417. The van der Waals surface area contributed by atoms with Gasteiger partial charge in [-0.3, -0.25) is 0 Å². The van der Waals surface area contributed by atoms with Gasteiger partial charge in [0.25, 0.3) is 0 Å². The molecule has 1 aromatic rings. The van der Waals surface area contributed by atoms with Crippen LogP contribution in [0.5, 0.6) is 5.75 Å². The van der Waals surface area contributed by atoms with Crippen molar-refractivity contribution in [2.24, 2.45) is 5.73 Å². The van der Waals surface area contributed by atoms with Crippen molar-refractivity contribution in [2.75, 3.05) is 13.7 Å². The molecule has 0 heterocycles. The van der Waals surface area contributed by atoms with Gasteiger partial charge in [0.2, 0.25) is 0 Å². The summed E-state index contributed by atoms with van der Waals surface area (Å²) < 4.78 is 18.2. The molecule has 0 aliphatic carbocycles. The third kappa shape index (κ3) is 2.59. The largest absolute Gasteiger partial charge is 0.496 e. The molecule has 0 saturated carbocycles. The Balaban J connectivity index is 2.95. The van der Waals surface area contributed by atoms with E-state index < -0.39 is 5.82 Å². The first-order valence-corrected chi connectivity index (χ1v) is 4.78. The molecule has 4 heteroatoms.